The summed E-state index contributed by atoms with van der Waals surface area (Å²) in [4.78, 5) is 0. The second-order valence-electron chi connectivity index (χ2n) is 6.69. The highest BCUT2D eigenvalue weighted by molar-refractivity contribution is 5.37. The van der Waals surface area contributed by atoms with Crippen LogP contribution < -0.4 is 5.32 Å². The maximum atomic E-state index is 6.36. The monoisotopic (exact) mass is 289 g/mol. The van der Waals surface area contributed by atoms with Crippen molar-refractivity contribution in [3.8, 4) is 0 Å². The molecular weight excluding hydrogens is 258 g/mol. The van der Waals surface area contributed by atoms with Crippen molar-refractivity contribution in [2.45, 2.75) is 65.0 Å². The van der Waals surface area contributed by atoms with Crippen molar-refractivity contribution < 1.29 is 4.74 Å². The van der Waals surface area contributed by atoms with Crippen molar-refractivity contribution in [3.05, 3.63) is 34.9 Å². The van der Waals surface area contributed by atoms with Gasteiger partial charge in [-0.2, -0.15) is 0 Å². The van der Waals surface area contributed by atoms with E-state index in [0.29, 0.717) is 0 Å². The van der Waals surface area contributed by atoms with E-state index < -0.39 is 0 Å². The summed E-state index contributed by atoms with van der Waals surface area (Å²) in [6.07, 6.45) is 4.84. The first-order valence-electron chi connectivity index (χ1n) is 8.41. The summed E-state index contributed by atoms with van der Waals surface area (Å²) in [5.74, 6) is 0.828. The van der Waals surface area contributed by atoms with E-state index in [1.165, 1.54) is 29.5 Å². The molecule has 1 aromatic carbocycles. The van der Waals surface area contributed by atoms with Crippen LogP contribution in [0.4, 0.5) is 0 Å². The predicted molar refractivity (Wildman–Crippen MR) is 89.7 cm³/mol. The molecule has 0 spiro atoms. The van der Waals surface area contributed by atoms with Crippen LogP contribution >= 0.6 is 0 Å². The third kappa shape index (κ3) is 3.32. The number of likely N-dealkylation sites (N-methyl/N-ethyl adjacent to an activating group) is 1. The van der Waals surface area contributed by atoms with Gasteiger partial charge in [0.25, 0.3) is 0 Å². The van der Waals surface area contributed by atoms with Crippen molar-refractivity contribution in [2.75, 3.05) is 13.7 Å². The fourth-order valence-electron chi connectivity index (χ4n) is 3.84. The number of benzene rings is 1. The lowest BCUT2D eigenvalue weighted by atomic mass is 9.72. The minimum absolute atomic E-state index is 0.0471. The zero-order valence-electron chi connectivity index (χ0n) is 14.3. The van der Waals surface area contributed by atoms with Gasteiger partial charge in [0.05, 0.1) is 11.6 Å². The van der Waals surface area contributed by atoms with Crippen molar-refractivity contribution in [1.29, 1.82) is 0 Å². The van der Waals surface area contributed by atoms with Crippen LogP contribution in [-0.4, -0.2) is 19.3 Å². The van der Waals surface area contributed by atoms with E-state index in [2.05, 4.69) is 58.3 Å². The summed E-state index contributed by atoms with van der Waals surface area (Å²) >= 11 is 0. The quantitative estimate of drug-likeness (QED) is 0.858. The average Bonchev–Trinajstić information content (AvgIpc) is 2.47. The molecule has 0 heterocycles. The molecule has 118 valence electrons. The van der Waals surface area contributed by atoms with E-state index >= 15 is 0 Å². The Labute approximate surface area is 130 Å². The van der Waals surface area contributed by atoms with Gasteiger partial charge in [-0.25, -0.2) is 0 Å². The van der Waals surface area contributed by atoms with Gasteiger partial charge in [-0.15, -0.1) is 0 Å². The van der Waals surface area contributed by atoms with Crippen LogP contribution in [0.3, 0.4) is 0 Å². The lowest BCUT2D eigenvalue weighted by Crippen LogP contribution is -2.48. The maximum Gasteiger partial charge on any atom is 0.0876 e. The third-order valence-electron chi connectivity index (χ3n) is 5.32. The van der Waals surface area contributed by atoms with Crippen molar-refractivity contribution in [1.82, 2.24) is 5.32 Å². The molecule has 21 heavy (non-hydrogen) atoms. The number of rotatable bonds is 5. The number of hydrogen-bond acceptors (Lipinski definition) is 2. The Morgan fingerprint density at radius 2 is 1.95 bits per heavy atom. The molecule has 1 atom stereocenters. The van der Waals surface area contributed by atoms with Gasteiger partial charge in [-0.1, -0.05) is 25.1 Å². The minimum atomic E-state index is -0.0471. The SMILES string of the molecule is CCOC1(C(NC)c2cccc(C)c2C)CCC(C)CC1. The Morgan fingerprint density at radius 3 is 2.52 bits per heavy atom. The fraction of sp³-hybridized carbons (Fsp3) is 0.684. The molecule has 1 unspecified atom stereocenters. The summed E-state index contributed by atoms with van der Waals surface area (Å²) in [5.41, 5.74) is 4.12. The van der Waals surface area contributed by atoms with E-state index in [9.17, 15) is 0 Å². The van der Waals surface area contributed by atoms with Crippen LogP contribution in [0.25, 0.3) is 0 Å². The molecule has 0 radical (unpaired) electrons. The lowest BCUT2D eigenvalue weighted by molar-refractivity contribution is -0.0963. The molecule has 1 saturated carbocycles. The molecule has 0 aliphatic heterocycles. The highest BCUT2D eigenvalue weighted by Gasteiger charge is 2.42. The van der Waals surface area contributed by atoms with Crippen LogP contribution in [0.1, 0.15) is 62.3 Å². The van der Waals surface area contributed by atoms with Crippen LogP contribution in [0.5, 0.6) is 0 Å². The third-order valence-corrected chi connectivity index (χ3v) is 5.32. The van der Waals surface area contributed by atoms with Gasteiger partial charge < -0.3 is 10.1 Å². The standard InChI is InChI=1S/C19H31NO/c1-6-21-19(12-10-14(2)11-13-19)18(20-5)17-9-7-8-15(3)16(17)4/h7-9,14,18,20H,6,10-13H2,1-5H3. The Hall–Kier alpha value is -0.860. The summed E-state index contributed by atoms with van der Waals surface area (Å²) in [5, 5.41) is 3.57. The molecule has 0 saturated heterocycles. The molecule has 2 nitrogen and oxygen atoms in total. The van der Waals surface area contributed by atoms with E-state index in [0.717, 1.165) is 25.4 Å². The highest BCUT2D eigenvalue weighted by atomic mass is 16.5. The summed E-state index contributed by atoms with van der Waals surface area (Å²) in [7, 11) is 2.07. The first-order valence-corrected chi connectivity index (χ1v) is 8.41. The van der Waals surface area contributed by atoms with Crippen LogP contribution in [-0.2, 0) is 4.74 Å². The summed E-state index contributed by atoms with van der Waals surface area (Å²) < 4.78 is 6.36. The predicted octanol–water partition coefficient (Wildman–Crippen LogP) is 4.55. The Morgan fingerprint density at radius 1 is 1.29 bits per heavy atom. The molecular formula is C19H31NO. The molecule has 1 N–H and O–H groups in total. The number of nitrogens with one attached hydrogen (secondary N) is 1. The molecule has 1 aromatic rings. The Balaban J connectivity index is 2.38. The molecule has 0 aromatic heterocycles. The first-order chi connectivity index (χ1) is 10.0. The van der Waals surface area contributed by atoms with Gasteiger partial charge in [-0.3, -0.25) is 0 Å². The van der Waals surface area contributed by atoms with E-state index in [-0.39, 0.29) is 11.6 Å². The van der Waals surface area contributed by atoms with Gasteiger partial charge >= 0.3 is 0 Å². The molecule has 0 amide bonds. The largest absolute Gasteiger partial charge is 0.373 e. The summed E-state index contributed by atoms with van der Waals surface area (Å²) in [6, 6.07) is 6.92. The molecule has 0 bridgehead atoms. The van der Waals surface area contributed by atoms with Gasteiger partial charge in [-0.05, 0) is 76.1 Å². The molecule has 1 fully saturated rings. The van der Waals surface area contributed by atoms with Crippen LogP contribution in [0.15, 0.2) is 18.2 Å². The zero-order chi connectivity index (χ0) is 15.5. The molecule has 2 heteroatoms. The highest BCUT2D eigenvalue weighted by Crippen LogP contribution is 2.44. The first kappa shape index (κ1) is 16.5. The van der Waals surface area contributed by atoms with Crippen LogP contribution in [0, 0.1) is 19.8 Å². The average molecular weight is 289 g/mol. The zero-order valence-corrected chi connectivity index (χ0v) is 14.3. The number of hydrogen-bond donors (Lipinski definition) is 1. The van der Waals surface area contributed by atoms with Crippen molar-refractivity contribution >= 4 is 0 Å². The van der Waals surface area contributed by atoms with Crippen molar-refractivity contribution in [2.24, 2.45) is 5.92 Å². The Bertz CT molecular complexity index is 461. The smallest absolute Gasteiger partial charge is 0.0876 e. The van der Waals surface area contributed by atoms with Gasteiger partial charge in [0.15, 0.2) is 0 Å². The molecule has 1 aliphatic carbocycles. The normalized spacial score (nSPS) is 27.6. The minimum Gasteiger partial charge on any atom is -0.373 e. The van der Waals surface area contributed by atoms with Gasteiger partial charge in [0.1, 0.15) is 0 Å². The van der Waals surface area contributed by atoms with E-state index in [1.807, 2.05) is 0 Å². The second kappa shape index (κ2) is 6.93. The van der Waals surface area contributed by atoms with E-state index in [1.54, 1.807) is 0 Å². The van der Waals surface area contributed by atoms with E-state index in [4.69, 9.17) is 4.74 Å². The van der Waals surface area contributed by atoms with Crippen LogP contribution in [0.2, 0.25) is 0 Å². The van der Waals surface area contributed by atoms with Crippen molar-refractivity contribution in [3.63, 3.8) is 0 Å². The summed E-state index contributed by atoms with van der Waals surface area (Å²) in [6.45, 7) is 9.71. The van der Waals surface area contributed by atoms with Gasteiger partial charge in [0, 0.05) is 6.61 Å². The lowest BCUT2D eigenvalue weighted by Gasteiger charge is -2.45. The second-order valence-corrected chi connectivity index (χ2v) is 6.69. The maximum absolute atomic E-state index is 6.36. The fourth-order valence-corrected chi connectivity index (χ4v) is 3.84. The Kier molecular flexibility index (Phi) is 5.45. The number of aryl methyl sites for hydroxylation is 1. The molecule has 1 aliphatic rings. The number of ether oxygens (including phenoxy) is 1. The van der Waals surface area contributed by atoms with Gasteiger partial charge in [0.2, 0.25) is 0 Å². The molecule has 2 rings (SSSR count). The topological polar surface area (TPSA) is 21.3 Å².